The van der Waals surface area contributed by atoms with Crippen molar-refractivity contribution in [1.29, 1.82) is 0 Å². The van der Waals surface area contributed by atoms with Crippen LogP contribution in [0.1, 0.15) is 6.92 Å². The third-order valence-electron chi connectivity index (χ3n) is 1.05. The van der Waals surface area contributed by atoms with Gasteiger partial charge in [-0.1, -0.05) is 0 Å². The van der Waals surface area contributed by atoms with E-state index in [2.05, 4.69) is 27.6 Å². The van der Waals surface area contributed by atoms with Crippen LogP contribution in [0, 0.1) is 3.70 Å². The predicted molar refractivity (Wildman–Crippen MR) is 46.6 cm³/mol. The van der Waals surface area contributed by atoms with Crippen LogP contribution in [0.2, 0.25) is 0 Å². The number of hydrogen-bond acceptors (Lipinski definition) is 2. The first-order valence-electron chi connectivity index (χ1n) is 3.08. The summed E-state index contributed by atoms with van der Waals surface area (Å²) in [4.78, 5) is 4.04. The van der Waals surface area contributed by atoms with Crippen LogP contribution >= 0.6 is 22.6 Å². The minimum absolute atomic E-state index is 0.604. The second-order valence-electron chi connectivity index (χ2n) is 1.83. The molecule has 0 aliphatic carbocycles. The first kappa shape index (κ1) is 8.00. The Balaban J connectivity index is 2.42. The Hall–Kier alpha value is -0.100. The van der Waals surface area contributed by atoms with Crippen LogP contribution in [0.15, 0.2) is 12.5 Å². The Labute approximate surface area is 73.5 Å². The van der Waals surface area contributed by atoms with Crippen molar-refractivity contribution in [1.82, 2.24) is 9.55 Å². The van der Waals surface area contributed by atoms with Gasteiger partial charge in [-0.25, -0.2) is 4.98 Å². The quantitative estimate of drug-likeness (QED) is 0.762. The fourth-order valence-electron chi connectivity index (χ4n) is 0.600. The van der Waals surface area contributed by atoms with Crippen LogP contribution in [-0.4, -0.2) is 16.2 Å². The number of hydrogen-bond donors (Lipinski definition) is 0. The highest BCUT2D eigenvalue weighted by Crippen LogP contribution is 1.99. The van der Waals surface area contributed by atoms with E-state index in [0.29, 0.717) is 6.73 Å². The molecule has 10 heavy (non-hydrogen) atoms. The number of aromatic nitrogens is 2. The molecule has 1 aromatic heterocycles. The molecular formula is C6H9IN2O. The van der Waals surface area contributed by atoms with Crippen LogP contribution in [-0.2, 0) is 11.5 Å². The van der Waals surface area contributed by atoms with Gasteiger partial charge in [0.2, 0.25) is 0 Å². The molecular weight excluding hydrogens is 243 g/mol. The van der Waals surface area contributed by atoms with Crippen molar-refractivity contribution >= 4 is 22.6 Å². The molecule has 0 fully saturated rings. The van der Waals surface area contributed by atoms with E-state index in [-0.39, 0.29) is 0 Å². The van der Waals surface area contributed by atoms with Gasteiger partial charge in [-0.05, 0) is 29.5 Å². The molecule has 0 unspecified atom stereocenters. The maximum absolute atomic E-state index is 5.15. The van der Waals surface area contributed by atoms with Gasteiger partial charge in [0.25, 0.3) is 0 Å². The maximum atomic E-state index is 5.15. The van der Waals surface area contributed by atoms with E-state index in [1.807, 2.05) is 17.7 Å². The van der Waals surface area contributed by atoms with E-state index < -0.39 is 0 Å². The monoisotopic (exact) mass is 252 g/mol. The van der Waals surface area contributed by atoms with Gasteiger partial charge in [-0.3, -0.25) is 0 Å². The molecule has 0 atom stereocenters. The Morgan fingerprint density at radius 2 is 2.60 bits per heavy atom. The zero-order chi connectivity index (χ0) is 7.40. The summed E-state index contributed by atoms with van der Waals surface area (Å²) in [6.07, 6.45) is 3.70. The van der Waals surface area contributed by atoms with Gasteiger partial charge < -0.3 is 9.30 Å². The highest BCUT2D eigenvalue weighted by Gasteiger charge is 1.91. The molecule has 0 radical (unpaired) electrons. The first-order valence-corrected chi connectivity index (χ1v) is 4.16. The van der Waals surface area contributed by atoms with Crippen LogP contribution in [0.3, 0.4) is 0 Å². The fraction of sp³-hybridized carbons (Fsp3) is 0.500. The van der Waals surface area contributed by atoms with Crippen molar-refractivity contribution < 1.29 is 4.74 Å². The van der Waals surface area contributed by atoms with E-state index in [1.54, 1.807) is 6.33 Å². The molecule has 0 saturated heterocycles. The molecule has 0 aromatic carbocycles. The number of imidazole rings is 1. The molecule has 1 rings (SSSR count). The van der Waals surface area contributed by atoms with Crippen LogP contribution < -0.4 is 0 Å². The molecule has 0 N–H and O–H groups in total. The first-order chi connectivity index (χ1) is 4.83. The summed E-state index contributed by atoms with van der Waals surface area (Å²) in [5, 5.41) is 0. The summed E-state index contributed by atoms with van der Waals surface area (Å²) < 4.78 is 8.06. The van der Waals surface area contributed by atoms with E-state index in [1.165, 1.54) is 0 Å². The summed E-state index contributed by atoms with van der Waals surface area (Å²) in [6, 6.07) is 0. The third kappa shape index (κ3) is 2.26. The molecule has 0 amide bonds. The van der Waals surface area contributed by atoms with Gasteiger partial charge >= 0.3 is 0 Å². The normalized spacial score (nSPS) is 10.2. The van der Waals surface area contributed by atoms with Crippen LogP contribution in [0.5, 0.6) is 0 Å². The highest BCUT2D eigenvalue weighted by molar-refractivity contribution is 14.1. The Bertz CT molecular complexity index is 199. The summed E-state index contributed by atoms with van der Waals surface area (Å²) in [5.74, 6) is 0. The Kier molecular flexibility index (Phi) is 3.14. The van der Waals surface area contributed by atoms with E-state index in [9.17, 15) is 0 Å². The number of nitrogens with zero attached hydrogens (tertiary/aromatic N) is 2. The van der Waals surface area contributed by atoms with Gasteiger partial charge in [0.15, 0.2) is 0 Å². The van der Waals surface area contributed by atoms with Gasteiger partial charge in [-0.2, -0.15) is 0 Å². The highest BCUT2D eigenvalue weighted by atomic mass is 127. The molecule has 0 saturated carbocycles. The number of halogens is 1. The molecule has 0 bridgehead atoms. The lowest BCUT2D eigenvalue weighted by Gasteiger charge is -1.99. The summed E-state index contributed by atoms with van der Waals surface area (Å²) in [5.41, 5.74) is 0. The van der Waals surface area contributed by atoms with E-state index in [4.69, 9.17) is 4.74 Å². The predicted octanol–water partition coefficient (Wildman–Crippen LogP) is 1.48. The molecule has 0 spiro atoms. The fourth-order valence-corrected chi connectivity index (χ4v) is 1.08. The molecule has 4 heteroatoms. The standard InChI is InChI=1S/C6H9IN2O/c1-2-10-5-9-3-6(7)8-4-9/h3-4H,2,5H2,1H3. The Morgan fingerprint density at radius 3 is 3.10 bits per heavy atom. The van der Waals surface area contributed by atoms with E-state index >= 15 is 0 Å². The smallest absolute Gasteiger partial charge is 0.123 e. The minimum atomic E-state index is 0.604. The lowest BCUT2D eigenvalue weighted by Crippen LogP contribution is -1.98. The molecule has 0 aliphatic rings. The lowest BCUT2D eigenvalue weighted by molar-refractivity contribution is 0.0877. The van der Waals surface area contributed by atoms with Crippen LogP contribution in [0.25, 0.3) is 0 Å². The van der Waals surface area contributed by atoms with Crippen molar-refractivity contribution in [3.63, 3.8) is 0 Å². The van der Waals surface area contributed by atoms with E-state index in [0.717, 1.165) is 10.3 Å². The topological polar surface area (TPSA) is 27.1 Å². The van der Waals surface area contributed by atoms with Gasteiger partial charge in [0.1, 0.15) is 10.4 Å². The minimum Gasteiger partial charge on any atom is -0.361 e. The maximum Gasteiger partial charge on any atom is 0.123 e. The summed E-state index contributed by atoms with van der Waals surface area (Å²) >= 11 is 2.16. The van der Waals surface area contributed by atoms with Crippen LogP contribution in [0.4, 0.5) is 0 Å². The molecule has 0 aliphatic heterocycles. The summed E-state index contributed by atoms with van der Waals surface area (Å²) in [7, 11) is 0. The summed E-state index contributed by atoms with van der Waals surface area (Å²) in [6.45, 7) is 3.32. The number of rotatable bonds is 3. The van der Waals surface area contributed by atoms with Gasteiger partial charge in [0, 0.05) is 12.8 Å². The molecule has 1 heterocycles. The second kappa shape index (κ2) is 3.92. The van der Waals surface area contributed by atoms with Crippen molar-refractivity contribution in [2.24, 2.45) is 0 Å². The molecule has 1 aromatic rings. The van der Waals surface area contributed by atoms with Gasteiger partial charge in [-0.15, -0.1) is 0 Å². The average molecular weight is 252 g/mol. The largest absolute Gasteiger partial charge is 0.361 e. The lowest BCUT2D eigenvalue weighted by atomic mass is 10.8. The second-order valence-corrected chi connectivity index (χ2v) is 2.94. The van der Waals surface area contributed by atoms with Crippen molar-refractivity contribution in [2.45, 2.75) is 13.7 Å². The average Bonchev–Trinajstić information content (AvgIpc) is 2.31. The Morgan fingerprint density at radius 1 is 1.80 bits per heavy atom. The van der Waals surface area contributed by atoms with Crippen molar-refractivity contribution in [3.05, 3.63) is 16.2 Å². The van der Waals surface area contributed by atoms with Gasteiger partial charge in [0.05, 0.1) is 6.33 Å². The number of ether oxygens (including phenoxy) is 1. The van der Waals surface area contributed by atoms with Crippen molar-refractivity contribution in [2.75, 3.05) is 6.61 Å². The van der Waals surface area contributed by atoms with Crippen molar-refractivity contribution in [3.8, 4) is 0 Å². The zero-order valence-electron chi connectivity index (χ0n) is 5.75. The SMILES string of the molecule is CCOCn1cnc(I)c1. The third-order valence-corrected chi connectivity index (χ3v) is 1.60. The zero-order valence-corrected chi connectivity index (χ0v) is 7.91. The molecule has 56 valence electrons. The molecule has 3 nitrogen and oxygen atoms in total.